The van der Waals surface area contributed by atoms with Crippen molar-refractivity contribution in [3.8, 4) is 0 Å². The van der Waals surface area contributed by atoms with Crippen LogP contribution in [-0.2, 0) is 9.53 Å². The molecule has 0 aromatic rings. The highest BCUT2D eigenvalue weighted by Gasteiger charge is 2.40. The zero-order valence-corrected chi connectivity index (χ0v) is 12.3. The average Bonchev–Trinajstić information content (AvgIpc) is 2.69. The van der Waals surface area contributed by atoms with E-state index in [2.05, 4.69) is 6.92 Å². The van der Waals surface area contributed by atoms with Crippen LogP contribution in [0.25, 0.3) is 0 Å². The summed E-state index contributed by atoms with van der Waals surface area (Å²) in [5, 5.41) is 0. The number of hydrogen-bond acceptors (Lipinski definition) is 3. The normalized spacial score (nSPS) is 24.2. The van der Waals surface area contributed by atoms with Crippen molar-refractivity contribution in [1.82, 2.24) is 4.90 Å². The van der Waals surface area contributed by atoms with Gasteiger partial charge in [0.2, 0.25) is 0 Å². The quantitative estimate of drug-likeness (QED) is 0.744. The van der Waals surface area contributed by atoms with E-state index in [9.17, 15) is 9.59 Å². The molecular weight excluding hydrogens is 254 g/mol. The van der Waals surface area contributed by atoms with Crippen LogP contribution in [0.2, 0.25) is 0 Å². The van der Waals surface area contributed by atoms with Crippen molar-refractivity contribution < 1.29 is 14.3 Å². The molecule has 1 fully saturated rings. The molecule has 0 N–H and O–H groups in total. The van der Waals surface area contributed by atoms with Gasteiger partial charge in [0, 0.05) is 6.54 Å². The SMILES string of the molecule is CCC1CC(C(=O)CCl)N(C(=O)OC(C)(C)C)C1. The first-order valence-corrected chi connectivity index (χ1v) is 6.90. The first-order valence-electron chi connectivity index (χ1n) is 6.36. The van der Waals surface area contributed by atoms with E-state index in [0.29, 0.717) is 18.9 Å². The molecule has 104 valence electrons. The number of alkyl halides is 1. The van der Waals surface area contributed by atoms with Gasteiger partial charge in [0.15, 0.2) is 5.78 Å². The van der Waals surface area contributed by atoms with Crippen LogP contribution in [0.4, 0.5) is 4.79 Å². The molecule has 4 nitrogen and oxygen atoms in total. The largest absolute Gasteiger partial charge is 0.444 e. The fraction of sp³-hybridized carbons (Fsp3) is 0.846. The van der Waals surface area contributed by atoms with Gasteiger partial charge in [0.05, 0.1) is 11.9 Å². The fourth-order valence-electron chi connectivity index (χ4n) is 2.14. The van der Waals surface area contributed by atoms with E-state index in [1.165, 1.54) is 4.90 Å². The van der Waals surface area contributed by atoms with E-state index in [1.54, 1.807) is 0 Å². The highest BCUT2D eigenvalue weighted by atomic mass is 35.5. The molecule has 1 amide bonds. The molecule has 0 radical (unpaired) electrons. The maximum atomic E-state index is 12.1. The van der Waals surface area contributed by atoms with Crippen molar-refractivity contribution in [2.24, 2.45) is 5.92 Å². The Morgan fingerprint density at radius 3 is 2.44 bits per heavy atom. The minimum atomic E-state index is -0.546. The maximum Gasteiger partial charge on any atom is 0.410 e. The number of ketones is 1. The van der Waals surface area contributed by atoms with E-state index >= 15 is 0 Å². The highest BCUT2D eigenvalue weighted by molar-refractivity contribution is 6.28. The second kappa shape index (κ2) is 5.91. The minimum Gasteiger partial charge on any atom is -0.444 e. The van der Waals surface area contributed by atoms with E-state index in [0.717, 1.165) is 6.42 Å². The van der Waals surface area contributed by atoms with Crippen molar-refractivity contribution in [3.05, 3.63) is 0 Å². The summed E-state index contributed by atoms with van der Waals surface area (Å²) < 4.78 is 5.33. The van der Waals surface area contributed by atoms with Crippen LogP contribution in [0.15, 0.2) is 0 Å². The third-order valence-corrected chi connectivity index (χ3v) is 3.36. The smallest absolute Gasteiger partial charge is 0.410 e. The third kappa shape index (κ3) is 3.87. The van der Waals surface area contributed by atoms with Gasteiger partial charge in [-0.05, 0) is 33.1 Å². The van der Waals surface area contributed by atoms with Gasteiger partial charge >= 0.3 is 6.09 Å². The number of likely N-dealkylation sites (tertiary alicyclic amines) is 1. The van der Waals surface area contributed by atoms with E-state index < -0.39 is 17.7 Å². The van der Waals surface area contributed by atoms with Crippen LogP contribution < -0.4 is 0 Å². The monoisotopic (exact) mass is 275 g/mol. The molecule has 2 atom stereocenters. The lowest BCUT2D eigenvalue weighted by atomic mass is 10.0. The number of carbonyl (C=O) groups is 2. The van der Waals surface area contributed by atoms with Crippen LogP contribution in [0, 0.1) is 5.92 Å². The van der Waals surface area contributed by atoms with Crippen molar-refractivity contribution in [2.45, 2.75) is 52.2 Å². The molecule has 2 unspecified atom stereocenters. The summed E-state index contributed by atoms with van der Waals surface area (Å²) in [7, 11) is 0. The minimum absolute atomic E-state index is 0.0552. The fourth-order valence-corrected chi connectivity index (χ4v) is 2.31. The van der Waals surface area contributed by atoms with Crippen molar-refractivity contribution in [2.75, 3.05) is 12.4 Å². The van der Waals surface area contributed by atoms with Gasteiger partial charge in [-0.2, -0.15) is 0 Å². The lowest BCUT2D eigenvalue weighted by molar-refractivity contribution is -0.120. The third-order valence-electron chi connectivity index (χ3n) is 3.10. The Balaban J connectivity index is 2.77. The van der Waals surface area contributed by atoms with Crippen LogP contribution in [0.1, 0.15) is 40.5 Å². The summed E-state index contributed by atoms with van der Waals surface area (Å²) in [6, 6.07) is -0.415. The van der Waals surface area contributed by atoms with Gasteiger partial charge in [-0.15, -0.1) is 11.6 Å². The first kappa shape index (κ1) is 15.3. The van der Waals surface area contributed by atoms with Crippen LogP contribution in [0.5, 0.6) is 0 Å². The Morgan fingerprint density at radius 2 is 2.00 bits per heavy atom. The molecule has 1 heterocycles. The molecule has 5 heteroatoms. The second-order valence-corrected chi connectivity index (χ2v) is 6.03. The number of hydrogen-bond donors (Lipinski definition) is 0. The Bertz CT molecular complexity index is 325. The molecule has 1 aliphatic rings. The molecule has 0 bridgehead atoms. The Hall–Kier alpha value is -0.770. The standard InChI is InChI=1S/C13H22ClNO3/c1-5-9-6-10(11(16)7-14)15(8-9)12(17)18-13(2,3)4/h9-10H,5-8H2,1-4H3. The number of carbonyl (C=O) groups excluding carboxylic acids is 2. The van der Waals surface area contributed by atoms with Crippen LogP contribution >= 0.6 is 11.6 Å². The highest BCUT2D eigenvalue weighted by Crippen LogP contribution is 2.28. The van der Waals surface area contributed by atoms with Gasteiger partial charge in [0.1, 0.15) is 5.60 Å². The molecule has 0 aromatic carbocycles. The number of amides is 1. The predicted molar refractivity (Wildman–Crippen MR) is 70.9 cm³/mol. The molecule has 0 spiro atoms. The van der Waals surface area contributed by atoms with Gasteiger partial charge < -0.3 is 4.74 Å². The maximum absolute atomic E-state index is 12.1. The topological polar surface area (TPSA) is 46.6 Å². The Labute approximate surface area is 114 Å². The molecular formula is C13H22ClNO3. The van der Waals surface area contributed by atoms with Gasteiger partial charge in [0.25, 0.3) is 0 Å². The molecule has 1 aliphatic heterocycles. The Morgan fingerprint density at radius 1 is 1.39 bits per heavy atom. The summed E-state index contributed by atoms with van der Waals surface area (Å²) in [5.41, 5.74) is -0.546. The predicted octanol–water partition coefficient (Wildman–Crippen LogP) is 2.83. The van der Waals surface area contributed by atoms with Crippen LogP contribution in [-0.4, -0.2) is 40.8 Å². The van der Waals surface area contributed by atoms with Crippen LogP contribution in [0.3, 0.4) is 0 Å². The van der Waals surface area contributed by atoms with Crippen molar-refractivity contribution >= 4 is 23.5 Å². The lowest BCUT2D eigenvalue weighted by Gasteiger charge is -2.27. The average molecular weight is 276 g/mol. The second-order valence-electron chi connectivity index (χ2n) is 5.76. The van der Waals surface area contributed by atoms with E-state index in [-0.39, 0.29) is 11.7 Å². The summed E-state index contributed by atoms with van der Waals surface area (Å²) in [6.45, 7) is 8.09. The Kier molecular flexibility index (Phi) is 5.02. The number of ether oxygens (including phenoxy) is 1. The van der Waals surface area contributed by atoms with Gasteiger partial charge in [-0.3, -0.25) is 9.69 Å². The summed E-state index contributed by atoms with van der Waals surface area (Å²) in [6.07, 6.45) is 1.23. The number of rotatable bonds is 3. The molecule has 0 aliphatic carbocycles. The zero-order valence-electron chi connectivity index (χ0n) is 11.5. The van der Waals surface area contributed by atoms with Gasteiger partial charge in [-0.1, -0.05) is 13.3 Å². The summed E-state index contributed by atoms with van der Waals surface area (Å²) >= 11 is 5.60. The molecule has 1 rings (SSSR count). The molecule has 1 saturated heterocycles. The molecule has 18 heavy (non-hydrogen) atoms. The first-order chi connectivity index (χ1) is 8.28. The van der Waals surface area contributed by atoms with E-state index in [4.69, 9.17) is 16.3 Å². The number of nitrogens with zero attached hydrogens (tertiary/aromatic N) is 1. The molecule has 0 aromatic heterocycles. The summed E-state index contributed by atoms with van der Waals surface area (Å²) in [5.74, 6) is 0.202. The lowest BCUT2D eigenvalue weighted by Crippen LogP contribution is -2.43. The van der Waals surface area contributed by atoms with Crippen molar-refractivity contribution in [3.63, 3.8) is 0 Å². The number of Topliss-reactive ketones (excluding diaryl/α,β-unsaturated/α-hetero) is 1. The molecule has 0 saturated carbocycles. The summed E-state index contributed by atoms with van der Waals surface area (Å²) in [4.78, 5) is 25.4. The number of halogens is 1. The zero-order chi connectivity index (χ0) is 13.9. The van der Waals surface area contributed by atoms with Gasteiger partial charge in [-0.25, -0.2) is 4.79 Å². The van der Waals surface area contributed by atoms with E-state index in [1.807, 2.05) is 20.8 Å². The van der Waals surface area contributed by atoms with Crippen molar-refractivity contribution in [1.29, 1.82) is 0 Å².